The Morgan fingerprint density at radius 2 is 1.72 bits per heavy atom. The van der Waals surface area contributed by atoms with Crippen LogP contribution in [0.25, 0.3) is 0 Å². The lowest BCUT2D eigenvalue weighted by Gasteiger charge is -2.28. The van der Waals surface area contributed by atoms with Gasteiger partial charge in [-0.1, -0.05) is 26.8 Å². The predicted molar refractivity (Wildman–Crippen MR) is 74.6 cm³/mol. The molecule has 0 unspecified atom stereocenters. The lowest BCUT2D eigenvalue weighted by molar-refractivity contribution is 0.174. The van der Waals surface area contributed by atoms with Crippen molar-refractivity contribution in [2.75, 3.05) is 6.79 Å². The summed E-state index contributed by atoms with van der Waals surface area (Å²) in [5.41, 5.74) is 1.17. The fourth-order valence-electron chi connectivity index (χ4n) is 2.32. The van der Waals surface area contributed by atoms with E-state index < -0.39 is 8.32 Å². The van der Waals surface area contributed by atoms with Crippen molar-refractivity contribution in [3.8, 4) is 11.5 Å². The van der Waals surface area contributed by atoms with Crippen LogP contribution in [0.3, 0.4) is 0 Å². The van der Waals surface area contributed by atoms with Gasteiger partial charge in [0, 0.05) is 0 Å². The van der Waals surface area contributed by atoms with Crippen LogP contribution in [0.2, 0.25) is 18.1 Å². The number of benzene rings is 1. The Bertz CT molecular complexity index is 394. The van der Waals surface area contributed by atoms with Gasteiger partial charge in [-0.3, -0.25) is 0 Å². The largest absolute Gasteiger partial charge is 0.454 e. The van der Waals surface area contributed by atoms with Gasteiger partial charge in [0.1, 0.15) is 0 Å². The molecule has 3 nitrogen and oxygen atoms in total. The van der Waals surface area contributed by atoms with Gasteiger partial charge in [-0.25, -0.2) is 0 Å². The van der Waals surface area contributed by atoms with E-state index in [1.54, 1.807) is 0 Å². The highest BCUT2D eigenvalue weighted by Crippen LogP contribution is 2.33. The van der Waals surface area contributed by atoms with Gasteiger partial charge in [0.05, 0.1) is 6.61 Å². The summed E-state index contributed by atoms with van der Waals surface area (Å²) in [6.07, 6.45) is 0. The van der Waals surface area contributed by atoms with Gasteiger partial charge in [-0.2, -0.15) is 0 Å². The van der Waals surface area contributed by atoms with E-state index in [2.05, 4.69) is 26.8 Å². The smallest absolute Gasteiger partial charge is 0.231 e. The van der Waals surface area contributed by atoms with E-state index in [-0.39, 0.29) is 0 Å². The van der Waals surface area contributed by atoms with Crippen molar-refractivity contribution in [3.05, 3.63) is 23.8 Å². The molecule has 0 saturated heterocycles. The SMILES string of the molecule is CC[Si](CC)(CC)OCc1ccc2c(c1)OCO2. The minimum Gasteiger partial charge on any atom is -0.454 e. The van der Waals surface area contributed by atoms with Gasteiger partial charge in [0.25, 0.3) is 0 Å². The Balaban J connectivity index is 2.01. The summed E-state index contributed by atoms with van der Waals surface area (Å²) >= 11 is 0. The Labute approximate surface area is 110 Å². The number of fused-ring (bicyclic) bond motifs is 1. The molecule has 0 aromatic heterocycles. The number of rotatable bonds is 6. The molecular weight excluding hydrogens is 244 g/mol. The van der Waals surface area contributed by atoms with Gasteiger partial charge < -0.3 is 13.9 Å². The molecule has 0 atom stereocenters. The summed E-state index contributed by atoms with van der Waals surface area (Å²) < 4.78 is 17.0. The lowest BCUT2D eigenvalue weighted by atomic mass is 10.2. The number of ether oxygens (including phenoxy) is 2. The molecule has 1 aromatic rings. The second-order valence-corrected chi connectivity index (χ2v) is 9.50. The van der Waals surface area contributed by atoms with E-state index in [1.807, 2.05) is 12.1 Å². The third-order valence-corrected chi connectivity index (χ3v) is 8.54. The molecule has 0 bridgehead atoms. The van der Waals surface area contributed by atoms with Gasteiger partial charge in [0.15, 0.2) is 19.8 Å². The van der Waals surface area contributed by atoms with Crippen molar-refractivity contribution >= 4 is 8.32 Å². The van der Waals surface area contributed by atoms with Crippen LogP contribution in [0.4, 0.5) is 0 Å². The highest BCUT2D eigenvalue weighted by molar-refractivity contribution is 6.73. The van der Waals surface area contributed by atoms with E-state index in [0.717, 1.165) is 11.5 Å². The molecule has 1 aromatic carbocycles. The molecule has 0 amide bonds. The summed E-state index contributed by atoms with van der Waals surface area (Å²) in [6.45, 7) is 7.77. The summed E-state index contributed by atoms with van der Waals surface area (Å²) in [4.78, 5) is 0. The van der Waals surface area contributed by atoms with E-state index in [1.165, 1.54) is 23.7 Å². The lowest BCUT2D eigenvalue weighted by Crippen LogP contribution is -2.35. The Morgan fingerprint density at radius 3 is 2.39 bits per heavy atom. The van der Waals surface area contributed by atoms with Crippen LogP contribution in [0, 0.1) is 0 Å². The highest BCUT2D eigenvalue weighted by atomic mass is 28.4. The number of hydrogen-bond donors (Lipinski definition) is 0. The fourth-order valence-corrected chi connectivity index (χ4v) is 4.91. The second-order valence-electron chi connectivity index (χ2n) is 4.72. The molecule has 18 heavy (non-hydrogen) atoms. The molecule has 2 rings (SSSR count). The van der Waals surface area contributed by atoms with Crippen LogP contribution in [0.15, 0.2) is 18.2 Å². The molecule has 0 radical (unpaired) electrons. The summed E-state index contributed by atoms with van der Waals surface area (Å²) in [7, 11) is -1.50. The van der Waals surface area contributed by atoms with Crippen molar-refractivity contribution in [1.29, 1.82) is 0 Å². The zero-order valence-corrected chi connectivity index (χ0v) is 12.5. The maximum absolute atomic E-state index is 6.27. The minimum atomic E-state index is -1.50. The first-order valence-corrected chi connectivity index (χ1v) is 9.28. The molecule has 0 fully saturated rings. The average molecular weight is 266 g/mol. The zero-order valence-electron chi connectivity index (χ0n) is 11.5. The number of hydrogen-bond acceptors (Lipinski definition) is 3. The molecule has 1 heterocycles. The topological polar surface area (TPSA) is 27.7 Å². The fraction of sp³-hybridized carbons (Fsp3) is 0.571. The molecule has 0 spiro atoms. The first-order valence-electron chi connectivity index (χ1n) is 6.75. The molecule has 0 saturated carbocycles. The van der Waals surface area contributed by atoms with Crippen molar-refractivity contribution in [1.82, 2.24) is 0 Å². The first-order chi connectivity index (χ1) is 8.73. The van der Waals surface area contributed by atoms with Crippen LogP contribution in [-0.4, -0.2) is 15.1 Å². The monoisotopic (exact) mass is 266 g/mol. The van der Waals surface area contributed by atoms with Gasteiger partial charge >= 0.3 is 0 Å². The molecule has 1 aliphatic heterocycles. The van der Waals surface area contributed by atoms with E-state index in [4.69, 9.17) is 13.9 Å². The van der Waals surface area contributed by atoms with Gasteiger partial charge in [-0.05, 0) is 35.8 Å². The van der Waals surface area contributed by atoms with Crippen LogP contribution >= 0.6 is 0 Å². The summed E-state index contributed by atoms with van der Waals surface area (Å²) in [5, 5.41) is 0. The third-order valence-electron chi connectivity index (χ3n) is 3.92. The minimum absolute atomic E-state index is 0.331. The highest BCUT2D eigenvalue weighted by Gasteiger charge is 2.28. The van der Waals surface area contributed by atoms with Crippen molar-refractivity contribution in [2.24, 2.45) is 0 Å². The standard InChI is InChI=1S/C14H22O3Si/c1-4-18(5-2,6-3)17-10-12-7-8-13-14(9-12)16-11-15-13/h7-9H,4-6,10-11H2,1-3H3. The predicted octanol–water partition coefficient (Wildman–Crippen LogP) is 3.94. The first kappa shape index (κ1) is 13.4. The normalized spacial score (nSPS) is 13.9. The maximum atomic E-state index is 6.27. The van der Waals surface area contributed by atoms with Crippen LogP contribution < -0.4 is 9.47 Å². The van der Waals surface area contributed by atoms with Crippen molar-refractivity contribution in [2.45, 2.75) is 45.5 Å². The van der Waals surface area contributed by atoms with Gasteiger partial charge in [-0.15, -0.1) is 0 Å². The van der Waals surface area contributed by atoms with Crippen LogP contribution in [0.1, 0.15) is 26.3 Å². The zero-order chi connectivity index (χ0) is 13.0. The van der Waals surface area contributed by atoms with E-state index in [9.17, 15) is 0 Å². The molecule has 1 aliphatic rings. The molecule has 0 N–H and O–H groups in total. The molecule has 0 aliphatic carbocycles. The molecular formula is C14H22O3Si. The Morgan fingerprint density at radius 1 is 1.06 bits per heavy atom. The third kappa shape index (κ3) is 2.70. The van der Waals surface area contributed by atoms with E-state index in [0.29, 0.717) is 13.4 Å². The van der Waals surface area contributed by atoms with Crippen molar-refractivity contribution < 1.29 is 13.9 Å². The quantitative estimate of drug-likeness (QED) is 0.730. The Hall–Kier alpha value is -1.00. The summed E-state index contributed by atoms with van der Waals surface area (Å²) in [6, 6.07) is 9.61. The Kier molecular flexibility index (Phi) is 4.30. The summed E-state index contributed by atoms with van der Waals surface area (Å²) in [5.74, 6) is 1.68. The average Bonchev–Trinajstić information content (AvgIpc) is 2.88. The van der Waals surface area contributed by atoms with Crippen LogP contribution in [0.5, 0.6) is 11.5 Å². The molecule has 4 heteroatoms. The maximum Gasteiger partial charge on any atom is 0.231 e. The second kappa shape index (κ2) is 5.76. The van der Waals surface area contributed by atoms with Crippen molar-refractivity contribution in [3.63, 3.8) is 0 Å². The van der Waals surface area contributed by atoms with E-state index >= 15 is 0 Å². The van der Waals surface area contributed by atoms with Crippen LogP contribution in [-0.2, 0) is 11.0 Å². The molecule has 100 valence electrons. The van der Waals surface area contributed by atoms with Gasteiger partial charge in [0.2, 0.25) is 6.79 Å².